The lowest BCUT2D eigenvalue weighted by Gasteiger charge is -2.25. The molecule has 4 rings (SSSR count). The topological polar surface area (TPSA) is 71.5 Å². The Labute approximate surface area is 173 Å². The van der Waals surface area contributed by atoms with E-state index in [0.717, 1.165) is 29.3 Å². The van der Waals surface area contributed by atoms with Crippen molar-refractivity contribution in [1.82, 2.24) is 9.88 Å². The summed E-state index contributed by atoms with van der Waals surface area (Å²) in [5, 5.41) is 7.10. The van der Waals surface area contributed by atoms with Crippen LogP contribution in [0.15, 0.2) is 47.8 Å². The van der Waals surface area contributed by atoms with Gasteiger partial charge in [-0.3, -0.25) is 9.59 Å². The molecule has 0 aliphatic carbocycles. The number of benzene rings is 2. The van der Waals surface area contributed by atoms with Gasteiger partial charge in [-0.2, -0.15) is 0 Å². The number of nitrogens with zero attached hydrogens (tertiary/aromatic N) is 2. The molecule has 1 aliphatic heterocycles. The highest BCUT2D eigenvalue weighted by molar-refractivity contribution is 7.13. The molecule has 1 aliphatic rings. The van der Waals surface area contributed by atoms with Crippen LogP contribution in [0.4, 0.5) is 5.13 Å². The lowest BCUT2D eigenvalue weighted by Crippen LogP contribution is -2.42. The first-order chi connectivity index (χ1) is 14.1. The Kier molecular flexibility index (Phi) is 5.87. The number of nitrogens with one attached hydrogen (secondary N) is 1. The summed E-state index contributed by atoms with van der Waals surface area (Å²) in [6.45, 7) is 2.93. The van der Waals surface area contributed by atoms with E-state index in [-0.39, 0.29) is 24.5 Å². The van der Waals surface area contributed by atoms with E-state index in [4.69, 9.17) is 4.74 Å². The zero-order valence-electron chi connectivity index (χ0n) is 16.3. The minimum atomic E-state index is -0.258. The van der Waals surface area contributed by atoms with Crippen LogP contribution in [-0.4, -0.2) is 47.5 Å². The molecule has 7 heteroatoms. The van der Waals surface area contributed by atoms with Gasteiger partial charge in [-0.1, -0.05) is 36.4 Å². The van der Waals surface area contributed by atoms with Crippen molar-refractivity contribution in [2.24, 2.45) is 0 Å². The molecule has 2 heterocycles. The number of hydrogen-bond donors (Lipinski definition) is 1. The van der Waals surface area contributed by atoms with Crippen LogP contribution in [0.2, 0.25) is 0 Å². The number of thiazole rings is 1. The second-order valence-corrected chi connectivity index (χ2v) is 8.05. The molecule has 3 aromatic rings. The predicted molar refractivity (Wildman–Crippen MR) is 114 cm³/mol. The molecule has 0 saturated carbocycles. The Balaban J connectivity index is 1.57. The molecule has 2 amide bonds. The maximum Gasteiger partial charge on any atom is 0.255 e. The lowest BCUT2D eigenvalue weighted by atomic mass is 10.0. The van der Waals surface area contributed by atoms with Gasteiger partial charge in [0.25, 0.3) is 5.91 Å². The van der Waals surface area contributed by atoms with Gasteiger partial charge in [0.05, 0.1) is 11.8 Å². The predicted octanol–water partition coefficient (Wildman–Crippen LogP) is 3.86. The molecule has 2 aromatic carbocycles. The van der Waals surface area contributed by atoms with Crippen LogP contribution in [0.5, 0.6) is 0 Å². The summed E-state index contributed by atoms with van der Waals surface area (Å²) < 4.78 is 5.72. The molecule has 1 aromatic heterocycles. The second kappa shape index (κ2) is 8.71. The number of anilines is 1. The lowest BCUT2D eigenvalue weighted by molar-refractivity contribution is -0.117. The van der Waals surface area contributed by atoms with E-state index in [1.807, 2.05) is 54.8 Å². The normalized spacial score (nSPS) is 16.1. The number of aromatic nitrogens is 1. The van der Waals surface area contributed by atoms with Gasteiger partial charge >= 0.3 is 0 Å². The van der Waals surface area contributed by atoms with Crippen molar-refractivity contribution < 1.29 is 14.3 Å². The molecule has 0 spiro atoms. The SMILES string of the molecule is Cc1csc(NC(=O)CN(CC2CCCO2)C(=O)c2cccc3ccccc23)n1. The molecule has 1 unspecified atom stereocenters. The third-order valence-electron chi connectivity index (χ3n) is 4.96. The summed E-state index contributed by atoms with van der Waals surface area (Å²) in [6, 6.07) is 13.5. The van der Waals surface area contributed by atoms with Gasteiger partial charge in [-0.25, -0.2) is 4.98 Å². The average molecular weight is 410 g/mol. The first kappa shape index (κ1) is 19.5. The summed E-state index contributed by atoms with van der Waals surface area (Å²) in [5.41, 5.74) is 1.45. The van der Waals surface area contributed by atoms with Gasteiger partial charge in [-0.15, -0.1) is 11.3 Å². The molecular weight excluding hydrogens is 386 g/mol. The van der Waals surface area contributed by atoms with Crippen LogP contribution in [-0.2, 0) is 9.53 Å². The van der Waals surface area contributed by atoms with Crippen LogP contribution in [0.3, 0.4) is 0 Å². The van der Waals surface area contributed by atoms with Crippen molar-refractivity contribution in [3.8, 4) is 0 Å². The van der Waals surface area contributed by atoms with E-state index in [0.29, 0.717) is 23.8 Å². The first-order valence-corrected chi connectivity index (χ1v) is 10.6. The summed E-state index contributed by atoms with van der Waals surface area (Å²) in [4.78, 5) is 31.9. The summed E-state index contributed by atoms with van der Waals surface area (Å²) >= 11 is 1.37. The van der Waals surface area contributed by atoms with Crippen LogP contribution in [0.25, 0.3) is 10.8 Å². The molecule has 1 saturated heterocycles. The van der Waals surface area contributed by atoms with Crippen molar-refractivity contribution in [3.05, 3.63) is 59.1 Å². The highest BCUT2D eigenvalue weighted by Gasteiger charge is 2.26. The number of aryl methyl sites for hydroxylation is 1. The Morgan fingerprint density at radius 2 is 2.07 bits per heavy atom. The second-order valence-electron chi connectivity index (χ2n) is 7.19. The van der Waals surface area contributed by atoms with E-state index >= 15 is 0 Å². The van der Waals surface area contributed by atoms with Crippen molar-refractivity contribution in [2.45, 2.75) is 25.9 Å². The number of carbonyl (C=O) groups is 2. The Hall–Kier alpha value is -2.77. The number of hydrogen-bond acceptors (Lipinski definition) is 5. The molecule has 0 bridgehead atoms. The summed E-state index contributed by atoms with van der Waals surface area (Å²) in [7, 11) is 0. The third-order valence-corrected chi connectivity index (χ3v) is 5.83. The van der Waals surface area contributed by atoms with Crippen LogP contribution >= 0.6 is 11.3 Å². The molecule has 1 atom stereocenters. The van der Waals surface area contributed by atoms with Crippen molar-refractivity contribution >= 4 is 39.1 Å². The fourth-order valence-electron chi connectivity index (χ4n) is 3.58. The van der Waals surface area contributed by atoms with Gasteiger partial charge in [0.2, 0.25) is 5.91 Å². The van der Waals surface area contributed by atoms with Gasteiger partial charge in [0.1, 0.15) is 6.54 Å². The summed E-state index contributed by atoms with van der Waals surface area (Å²) in [5.74, 6) is -0.422. The summed E-state index contributed by atoms with van der Waals surface area (Å²) in [6.07, 6.45) is 1.84. The standard InChI is InChI=1S/C22H23N3O3S/c1-15-14-29-22(23-15)24-20(26)13-25(12-17-8-5-11-28-17)21(27)19-10-4-7-16-6-2-3-9-18(16)19/h2-4,6-7,9-10,14,17H,5,8,11-13H2,1H3,(H,23,24,26). The maximum absolute atomic E-state index is 13.4. The van der Waals surface area contributed by atoms with Crippen molar-refractivity contribution in [1.29, 1.82) is 0 Å². The highest BCUT2D eigenvalue weighted by atomic mass is 32.1. The van der Waals surface area contributed by atoms with E-state index in [1.165, 1.54) is 11.3 Å². The number of ether oxygens (including phenoxy) is 1. The Morgan fingerprint density at radius 3 is 2.83 bits per heavy atom. The number of carbonyl (C=O) groups excluding carboxylic acids is 2. The highest BCUT2D eigenvalue weighted by Crippen LogP contribution is 2.22. The molecule has 0 radical (unpaired) electrons. The molecule has 1 N–H and O–H groups in total. The zero-order chi connectivity index (χ0) is 20.2. The van der Waals surface area contributed by atoms with Gasteiger partial charge in [0.15, 0.2) is 5.13 Å². The smallest absolute Gasteiger partial charge is 0.255 e. The van der Waals surface area contributed by atoms with Crippen LogP contribution < -0.4 is 5.32 Å². The molecule has 6 nitrogen and oxygen atoms in total. The van der Waals surface area contributed by atoms with Gasteiger partial charge in [-0.05, 0) is 36.6 Å². The zero-order valence-corrected chi connectivity index (χ0v) is 17.1. The van der Waals surface area contributed by atoms with Crippen LogP contribution in [0, 0.1) is 6.92 Å². The van der Waals surface area contributed by atoms with E-state index in [9.17, 15) is 9.59 Å². The van der Waals surface area contributed by atoms with E-state index in [1.54, 1.807) is 4.90 Å². The molecule has 150 valence electrons. The Bertz CT molecular complexity index is 1020. The van der Waals surface area contributed by atoms with Crippen molar-refractivity contribution in [3.63, 3.8) is 0 Å². The van der Waals surface area contributed by atoms with Gasteiger partial charge < -0.3 is 15.0 Å². The first-order valence-electron chi connectivity index (χ1n) is 9.71. The minimum absolute atomic E-state index is 0.0381. The van der Waals surface area contributed by atoms with Crippen LogP contribution in [0.1, 0.15) is 28.9 Å². The fourth-order valence-corrected chi connectivity index (χ4v) is 4.28. The maximum atomic E-state index is 13.4. The van der Waals surface area contributed by atoms with Gasteiger partial charge in [0, 0.05) is 24.1 Å². The molecule has 1 fully saturated rings. The molecule has 29 heavy (non-hydrogen) atoms. The number of amides is 2. The van der Waals surface area contributed by atoms with E-state index in [2.05, 4.69) is 10.3 Å². The number of fused-ring (bicyclic) bond motifs is 1. The quantitative estimate of drug-likeness (QED) is 0.671. The number of rotatable bonds is 6. The van der Waals surface area contributed by atoms with E-state index < -0.39 is 0 Å². The minimum Gasteiger partial charge on any atom is -0.376 e. The van der Waals surface area contributed by atoms with Crippen molar-refractivity contribution in [2.75, 3.05) is 25.0 Å². The Morgan fingerprint density at radius 1 is 1.24 bits per heavy atom. The largest absolute Gasteiger partial charge is 0.376 e. The third kappa shape index (κ3) is 4.63. The molecular formula is C22H23N3O3S. The fraction of sp³-hybridized carbons (Fsp3) is 0.318. The average Bonchev–Trinajstić information content (AvgIpc) is 3.38. The monoisotopic (exact) mass is 409 g/mol.